The number of aryl methyl sites for hydroxylation is 1. The Kier molecular flexibility index (Phi) is 3.96. The van der Waals surface area contributed by atoms with Gasteiger partial charge in [0.15, 0.2) is 5.82 Å². The van der Waals surface area contributed by atoms with Crippen LogP contribution in [0.3, 0.4) is 0 Å². The maximum Gasteiger partial charge on any atom is 0.256 e. The molecule has 4 rings (SSSR count). The Morgan fingerprint density at radius 3 is 2.69 bits per heavy atom. The van der Waals surface area contributed by atoms with Crippen LogP contribution in [0.4, 0.5) is 11.5 Å². The molecule has 0 bridgehead atoms. The molecule has 1 aromatic carbocycles. The molecule has 0 spiro atoms. The molecule has 0 aliphatic heterocycles. The number of oxazole rings is 1. The fourth-order valence-corrected chi connectivity index (χ4v) is 3.55. The van der Waals surface area contributed by atoms with Gasteiger partial charge < -0.3 is 14.6 Å². The van der Waals surface area contributed by atoms with Crippen molar-refractivity contribution in [3.8, 4) is 10.8 Å². The number of anilines is 2. The van der Waals surface area contributed by atoms with Crippen molar-refractivity contribution in [2.45, 2.75) is 6.92 Å². The second-order valence-electron chi connectivity index (χ2n) is 6.10. The minimum atomic E-state index is -0.203. The molecule has 0 aliphatic carbocycles. The first-order chi connectivity index (χ1) is 12.5. The molecule has 2 N–H and O–H groups in total. The number of hydrogen-bond donors (Lipinski definition) is 2. The molecule has 3 heterocycles. The normalized spacial score (nSPS) is 11.0. The average Bonchev–Trinajstić information content (AvgIpc) is 3.32. The van der Waals surface area contributed by atoms with E-state index in [4.69, 9.17) is 4.42 Å². The van der Waals surface area contributed by atoms with Crippen LogP contribution in [0, 0.1) is 6.92 Å². The Bertz CT molecular complexity index is 1070. The highest BCUT2D eigenvalue weighted by atomic mass is 32.1. The summed E-state index contributed by atoms with van der Waals surface area (Å²) >= 11 is 1.47. The highest BCUT2D eigenvalue weighted by Crippen LogP contribution is 2.36. The molecular weight excluding hydrogens is 350 g/mol. The number of nitrogens with one attached hydrogen (secondary N) is 2. The molecule has 0 saturated carbocycles. The number of H-pyrrole nitrogens is 1. The zero-order chi connectivity index (χ0) is 18.3. The molecule has 26 heavy (non-hydrogen) atoms. The molecule has 0 fully saturated rings. The highest BCUT2D eigenvalue weighted by molar-refractivity contribution is 7.22. The number of nitrogens with zero attached hydrogens (tertiary/aromatic N) is 3. The predicted molar refractivity (Wildman–Crippen MR) is 103 cm³/mol. The molecule has 0 atom stereocenters. The molecule has 8 heteroatoms. The lowest BCUT2D eigenvalue weighted by Gasteiger charge is -2.12. The van der Waals surface area contributed by atoms with E-state index < -0.39 is 0 Å². The number of thiophene rings is 1. The van der Waals surface area contributed by atoms with Gasteiger partial charge in [-0.3, -0.25) is 9.89 Å². The van der Waals surface area contributed by atoms with Crippen LogP contribution in [-0.2, 0) is 0 Å². The predicted octanol–water partition coefficient (Wildman–Crippen LogP) is 3.91. The van der Waals surface area contributed by atoms with Crippen LogP contribution in [0.25, 0.3) is 21.0 Å². The van der Waals surface area contributed by atoms with Crippen LogP contribution in [0.5, 0.6) is 0 Å². The Labute approximate surface area is 153 Å². The lowest BCUT2D eigenvalue weighted by Crippen LogP contribution is -2.13. The van der Waals surface area contributed by atoms with Crippen LogP contribution in [0.2, 0.25) is 0 Å². The van der Waals surface area contributed by atoms with Gasteiger partial charge in [-0.05, 0) is 37.3 Å². The lowest BCUT2D eigenvalue weighted by molar-refractivity contribution is 0.102. The number of aromatic nitrogens is 3. The highest BCUT2D eigenvalue weighted by Gasteiger charge is 2.16. The third-order valence-corrected chi connectivity index (χ3v) is 5.07. The van der Waals surface area contributed by atoms with Crippen molar-refractivity contribution in [1.82, 2.24) is 15.2 Å². The molecule has 132 valence electrons. The van der Waals surface area contributed by atoms with Crippen LogP contribution in [0.15, 0.2) is 40.9 Å². The standard InChI is InChI=1S/C18H17N5O2S/c1-10-9-19-18(25-10)14-8-13-15(26-14)16(22-21-13)20-17(24)11-4-6-12(7-5-11)23(2)3/h4-9H,1-3H3,(H2,20,21,22,24). The smallest absolute Gasteiger partial charge is 0.256 e. The summed E-state index contributed by atoms with van der Waals surface area (Å²) in [7, 11) is 3.92. The SMILES string of the molecule is Cc1cnc(-c2cc3[nH]nc(NC(=O)c4ccc(N(C)C)cc4)c3s2)o1. The van der Waals surface area contributed by atoms with Crippen molar-refractivity contribution in [3.63, 3.8) is 0 Å². The number of carbonyl (C=O) groups is 1. The van der Waals surface area contributed by atoms with Crippen LogP contribution in [0.1, 0.15) is 16.1 Å². The Morgan fingerprint density at radius 1 is 1.27 bits per heavy atom. The van der Waals surface area contributed by atoms with Crippen molar-refractivity contribution in [2.24, 2.45) is 0 Å². The molecule has 0 unspecified atom stereocenters. The quantitative estimate of drug-likeness (QED) is 0.571. The average molecular weight is 367 g/mol. The summed E-state index contributed by atoms with van der Waals surface area (Å²) in [6, 6.07) is 9.32. The van der Waals surface area contributed by atoms with Crippen molar-refractivity contribution < 1.29 is 9.21 Å². The number of hydrogen-bond acceptors (Lipinski definition) is 6. The van der Waals surface area contributed by atoms with Gasteiger partial charge in [-0.1, -0.05) is 0 Å². The summed E-state index contributed by atoms with van der Waals surface area (Å²) in [5, 5.41) is 10.0. The Hall–Kier alpha value is -3.13. The van der Waals surface area contributed by atoms with E-state index in [0.717, 1.165) is 26.5 Å². The van der Waals surface area contributed by atoms with Gasteiger partial charge in [0.2, 0.25) is 5.89 Å². The number of amides is 1. The molecule has 7 nitrogen and oxygen atoms in total. The van der Waals surface area contributed by atoms with Gasteiger partial charge in [-0.25, -0.2) is 4.98 Å². The first-order valence-corrected chi connectivity index (χ1v) is 8.82. The van der Waals surface area contributed by atoms with Gasteiger partial charge in [-0.2, -0.15) is 5.10 Å². The molecule has 3 aromatic heterocycles. The zero-order valence-corrected chi connectivity index (χ0v) is 15.3. The fraction of sp³-hybridized carbons (Fsp3) is 0.167. The largest absolute Gasteiger partial charge is 0.441 e. The van der Waals surface area contributed by atoms with Crippen LogP contribution in [-0.4, -0.2) is 35.2 Å². The number of carbonyl (C=O) groups excluding carboxylic acids is 1. The molecule has 0 saturated heterocycles. The minimum absolute atomic E-state index is 0.203. The summed E-state index contributed by atoms with van der Waals surface area (Å²) in [6.07, 6.45) is 1.68. The summed E-state index contributed by atoms with van der Waals surface area (Å²) < 4.78 is 6.42. The van der Waals surface area contributed by atoms with Crippen LogP contribution >= 0.6 is 11.3 Å². The Balaban J connectivity index is 1.58. The van der Waals surface area contributed by atoms with Crippen molar-refractivity contribution >= 4 is 39.0 Å². The van der Waals surface area contributed by atoms with Gasteiger partial charge in [0.05, 0.1) is 21.3 Å². The van der Waals surface area contributed by atoms with E-state index in [9.17, 15) is 4.79 Å². The maximum absolute atomic E-state index is 12.5. The minimum Gasteiger partial charge on any atom is -0.441 e. The van der Waals surface area contributed by atoms with E-state index >= 15 is 0 Å². The topological polar surface area (TPSA) is 87.0 Å². The summed E-state index contributed by atoms with van der Waals surface area (Å²) in [4.78, 5) is 19.6. The monoisotopic (exact) mass is 367 g/mol. The van der Waals surface area contributed by atoms with Gasteiger partial charge in [-0.15, -0.1) is 11.3 Å². The molecular formula is C18H17N5O2S. The second kappa shape index (κ2) is 6.30. The molecule has 0 radical (unpaired) electrons. The maximum atomic E-state index is 12.5. The van der Waals surface area contributed by atoms with Gasteiger partial charge >= 0.3 is 0 Å². The Morgan fingerprint density at radius 2 is 2.04 bits per heavy atom. The van der Waals surface area contributed by atoms with E-state index in [1.54, 1.807) is 18.3 Å². The van der Waals surface area contributed by atoms with E-state index in [0.29, 0.717) is 17.3 Å². The number of fused-ring (bicyclic) bond motifs is 1. The van der Waals surface area contributed by atoms with Gasteiger partial charge in [0.25, 0.3) is 5.91 Å². The molecule has 4 aromatic rings. The molecule has 1 amide bonds. The molecule has 0 aliphatic rings. The van der Waals surface area contributed by atoms with E-state index in [1.165, 1.54) is 11.3 Å². The van der Waals surface area contributed by atoms with Crippen molar-refractivity contribution in [1.29, 1.82) is 0 Å². The summed E-state index contributed by atoms with van der Waals surface area (Å²) in [5.41, 5.74) is 2.44. The van der Waals surface area contributed by atoms with E-state index in [1.807, 2.05) is 44.1 Å². The van der Waals surface area contributed by atoms with E-state index in [-0.39, 0.29) is 5.91 Å². The summed E-state index contributed by atoms with van der Waals surface area (Å²) in [6.45, 7) is 1.85. The first kappa shape index (κ1) is 16.3. The third-order valence-electron chi connectivity index (χ3n) is 3.95. The van der Waals surface area contributed by atoms with Crippen molar-refractivity contribution in [2.75, 3.05) is 24.3 Å². The number of rotatable bonds is 4. The zero-order valence-electron chi connectivity index (χ0n) is 14.5. The fourth-order valence-electron chi connectivity index (χ4n) is 2.57. The van der Waals surface area contributed by atoms with Crippen LogP contribution < -0.4 is 10.2 Å². The van der Waals surface area contributed by atoms with Gasteiger partial charge in [0.1, 0.15) is 5.76 Å². The van der Waals surface area contributed by atoms with Crippen molar-refractivity contribution in [3.05, 3.63) is 47.9 Å². The second-order valence-corrected chi connectivity index (χ2v) is 7.15. The number of aromatic amines is 1. The first-order valence-electron chi connectivity index (χ1n) is 8.01. The van der Waals surface area contributed by atoms with E-state index in [2.05, 4.69) is 20.5 Å². The van der Waals surface area contributed by atoms with Gasteiger partial charge in [0, 0.05) is 25.3 Å². The lowest BCUT2D eigenvalue weighted by atomic mass is 10.2. The summed E-state index contributed by atoms with van der Waals surface area (Å²) in [5.74, 6) is 1.62. The number of benzene rings is 1. The third kappa shape index (κ3) is 2.95.